The molecule has 1 unspecified atom stereocenters. The molecule has 2 nitrogen and oxygen atoms in total. The summed E-state index contributed by atoms with van der Waals surface area (Å²) >= 11 is 0. The molecule has 0 aliphatic carbocycles. The SMILES string of the molecule is Cc1cc(C)c(C)c(C(N)N(C)C)c1C. The summed E-state index contributed by atoms with van der Waals surface area (Å²) in [5.41, 5.74) is 12.8. The van der Waals surface area contributed by atoms with Crippen LogP contribution in [-0.4, -0.2) is 19.0 Å². The summed E-state index contributed by atoms with van der Waals surface area (Å²) in [4.78, 5) is 2.05. The van der Waals surface area contributed by atoms with E-state index >= 15 is 0 Å². The first-order chi connectivity index (χ1) is 6.86. The minimum absolute atomic E-state index is 0.0106. The van der Waals surface area contributed by atoms with Crippen LogP contribution in [0.4, 0.5) is 0 Å². The van der Waals surface area contributed by atoms with Gasteiger partial charge in [-0.25, -0.2) is 0 Å². The average Bonchev–Trinajstić information content (AvgIpc) is 2.15. The molecule has 0 aromatic heterocycles. The summed E-state index contributed by atoms with van der Waals surface area (Å²) in [5.74, 6) is 0. The molecule has 0 fully saturated rings. The van der Waals surface area contributed by atoms with Crippen LogP contribution in [-0.2, 0) is 0 Å². The average molecular weight is 206 g/mol. The lowest BCUT2D eigenvalue weighted by molar-refractivity contribution is 0.305. The Labute approximate surface area is 93.1 Å². The monoisotopic (exact) mass is 206 g/mol. The third-order valence-corrected chi connectivity index (χ3v) is 3.28. The second-order valence-corrected chi connectivity index (χ2v) is 4.58. The summed E-state index contributed by atoms with van der Waals surface area (Å²) in [6.07, 6.45) is -0.0106. The first-order valence-corrected chi connectivity index (χ1v) is 5.35. The predicted octanol–water partition coefficient (Wildman–Crippen LogP) is 2.44. The minimum Gasteiger partial charge on any atom is -0.312 e. The van der Waals surface area contributed by atoms with Crippen molar-refractivity contribution in [2.75, 3.05) is 14.1 Å². The second-order valence-electron chi connectivity index (χ2n) is 4.58. The van der Waals surface area contributed by atoms with Gasteiger partial charge in [0.15, 0.2) is 0 Å². The summed E-state index contributed by atoms with van der Waals surface area (Å²) in [5, 5.41) is 0. The first-order valence-electron chi connectivity index (χ1n) is 5.35. The smallest absolute Gasteiger partial charge is 0.0835 e. The Balaban J connectivity index is 3.39. The van der Waals surface area contributed by atoms with E-state index in [1.54, 1.807) is 0 Å². The third-order valence-electron chi connectivity index (χ3n) is 3.28. The Hall–Kier alpha value is -0.860. The number of hydrogen-bond acceptors (Lipinski definition) is 2. The number of aryl methyl sites for hydroxylation is 2. The van der Waals surface area contributed by atoms with Crippen LogP contribution in [0, 0.1) is 27.7 Å². The van der Waals surface area contributed by atoms with Crippen molar-refractivity contribution in [2.45, 2.75) is 33.9 Å². The fourth-order valence-corrected chi connectivity index (χ4v) is 1.95. The molecule has 1 atom stereocenters. The van der Waals surface area contributed by atoms with E-state index in [1.807, 2.05) is 19.0 Å². The molecule has 0 saturated carbocycles. The van der Waals surface area contributed by atoms with Gasteiger partial charge in [-0.15, -0.1) is 0 Å². The molecule has 2 N–H and O–H groups in total. The molecular weight excluding hydrogens is 184 g/mol. The van der Waals surface area contributed by atoms with Crippen LogP contribution >= 0.6 is 0 Å². The summed E-state index contributed by atoms with van der Waals surface area (Å²) in [7, 11) is 4.03. The normalized spacial score (nSPS) is 13.3. The molecule has 1 rings (SSSR count). The van der Waals surface area contributed by atoms with Crippen molar-refractivity contribution >= 4 is 0 Å². The van der Waals surface area contributed by atoms with Crippen molar-refractivity contribution < 1.29 is 0 Å². The van der Waals surface area contributed by atoms with Crippen LogP contribution in [0.2, 0.25) is 0 Å². The third kappa shape index (κ3) is 2.21. The van der Waals surface area contributed by atoms with Crippen molar-refractivity contribution in [2.24, 2.45) is 5.73 Å². The fourth-order valence-electron chi connectivity index (χ4n) is 1.95. The highest BCUT2D eigenvalue weighted by atomic mass is 15.2. The van der Waals surface area contributed by atoms with E-state index in [0.717, 1.165) is 0 Å². The lowest BCUT2D eigenvalue weighted by Gasteiger charge is -2.25. The zero-order valence-electron chi connectivity index (χ0n) is 10.7. The Morgan fingerprint density at radius 1 is 1.00 bits per heavy atom. The molecule has 0 radical (unpaired) electrons. The van der Waals surface area contributed by atoms with Gasteiger partial charge in [0.05, 0.1) is 6.17 Å². The topological polar surface area (TPSA) is 29.3 Å². The Bertz CT molecular complexity index is 341. The molecule has 2 heteroatoms. The Kier molecular flexibility index (Phi) is 3.53. The Morgan fingerprint density at radius 3 is 1.73 bits per heavy atom. The van der Waals surface area contributed by atoms with Crippen molar-refractivity contribution in [1.29, 1.82) is 0 Å². The molecule has 0 spiro atoms. The van der Waals surface area contributed by atoms with Crippen LogP contribution in [0.5, 0.6) is 0 Å². The standard InChI is InChI=1S/C13H22N2/c1-8-7-9(2)11(4)12(10(8)3)13(14)15(5)6/h7,13H,14H2,1-6H3. The zero-order valence-corrected chi connectivity index (χ0v) is 10.7. The van der Waals surface area contributed by atoms with E-state index in [4.69, 9.17) is 5.73 Å². The van der Waals surface area contributed by atoms with E-state index in [1.165, 1.54) is 27.8 Å². The lowest BCUT2D eigenvalue weighted by Crippen LogP contribution is -2.29. The van der Waals surface area contributed by atoms with Crippen LogP contribution < -0.4 is 5.73 Å². The molecule has 15 heavy (non-hydrogen) atoms. The maximum Gasteiger partial charge on any atom is 0.0835 e. The highest BCUT2D eigenvalue weighted by Crippen LogP contribution is 2.26. The molecule has 1 aromatic carbocycles. The van der Waals surface area contributed by atoms with Gasteiger partial charge in [-0.3, -0.25) is 4.90 Å². The zero-order chi connectivity index (χ0) is 11.7. The van der Waals surface area contributed by atoms with E-state index in [-0.39, 0.29) is 6.17 Å². The van der Waals surface area contributed by atoms with Crippen LogP contribution in [0.1, 0.15) is 34.0 Å². The number of nitrogens with two attached hydrogens (primary N) is 1. The van der Waals surface area contributed by atoms with Gasteiger partial charge in [0.2, 0.25) is 0 Å². The van der Waals surface area contributed by atoms with Crippen molar-refractivity contribution in [1.82, 2.24) is 4.90 Å². The molecule has 0 amide bonds. The number of hydrogen-bond donors (Lipinski definition) is 1. The van der Waals surface area contributed by atoms with Gasteiger partial charge < -0.3 is 5.73 Å². The summed E-state index contributed by atoms with van der Waals surface area (Å²) in [6, 6.07) is 2.23. The van der Waals surface area contributed by atoms with Crippen LogP contribution in [0.3, 0.4) is 0 Å². The molecule has 84 valence electrons. The second kappa shape index (κ2) is 4.33. The van der Waals surface area contributed by atoms with Gasteiger partial charge in [0, 0.05) is 0 Å². The summed E-state index contributed by atoms with van der Waals surface area (Å²) < 4.78 is 0. The molecule has 0 heterocycles. The molecular formula is C13H22N2. The Morgan fingerprint density at radius 2 is 1.40 bits per heavy atom. The largest absolute Gasteiger partial charge is 0.312 e. The maximum atomic E-state index is 6.20. The molecule has 0 saturated heterocycles. The van der Waals surface area contributed by atoms with Crippen LogP contribution in [0.25, 0.3) is 0 Å². The number of nitrogens with zero attached hydrogens (tertiary/aromatic N) is 1. The number of rotatable bonds is 2. The highest BCUT2D eigenvalue weighted by Gasteiger charge is 2.16. The van der Waals surface area contributed by atoms with Gasteiger partial charge in [0.1, 0.15) is 0 Å². The van der Waals surface area contributed by atoms with E-state index in [0.29, 0.717) is 0 Å². The minimum atomic E-state index is -0.0106. The van der Waals surface area contributed by atoms with Crippen molar-refractivity contribution in [3.8, 4) is 0 Å². The van der Waals surface area contributed by atoms with Gasteiger partial charge >= 0.3 is 0 Å². The lowest BCUT2D eigenvalue weighted by atomic mass is 9.92. The van der Waals surface area contributed by atoms with Gasteiger partial charge in [0.25, 0.3) is 0 Å². The summed E-state index contributed by atoms with van der Waals surface area (Å²) in [6.45, 7) is 8.60. The van der Waals surface area contributed by atoms with Gasteiger partial charge in [-0.05, 0) is 69.6 Å². The molecule has 0 aliphatic rings. The number of benzene rings is 1. The van der Waals surface area contributed by atoms with Gasteiger partial charge in [-0.1, -0.05) is 6.07 Å². The molecule has 0 bridgehead atoms. The van der Waals surface area contributed by atoms with E-state index in [9.17, 15) is 0 Å². The van der Waals surface area contributed by atoms with Crippen LogP contribution in [0.15, 0.2) is 6.07 Å². The highest BCUT2D eigenvalue weighted by molar-refractivity contribution is 5.45. The maximum absolute atomic E-state index is 6.20. The molecule has 0 aliphatic heterocycles. The predicted molar refractivity (Wildman–Crippen MR) is 66.0 cm³/mol. The quantitative estimate of drug-likeness (QED) is 0.753. The van der Waals surface area contributed by atoms with E-state index in [2.05, 4.69) is 33.8 Å². The van der Waals surface area contributed by atoms with E-state index < -0.39 is 0 Å². The van der Waals surface area contributed by atoms with Gasteiger partial charge in [-0.2, -0.15) is 0 Å². The van der Waals surface area contributed by atoms with Crippen molar-refractivity contribution in [3.63, 3.8) is 0 Å². The fraction of sp³-hybridized carbons (Fsp3) is 0.538. The molecule has 1 aromatic rings. The first kappa shape index (κ1) is 12.2. The van der Waals surface area contributed by atoms with Crippen molar-refractivity contribution in [3.05, 3.63) is 33.9 Å².